The monoisotopic (exact) mass is 380 g/mol. The van der Waals surface area contributed by atoms with Gasteiger partial charge in [-0.05, 0) is 35.9 Å². The fourth-order valence-electron chi connectivity index (χ4n) is 2.00. The number of rotatable bonds is 8. The first kappa shape index (κ1) is 20.4. The standard InChI is InChI=1S/C21H20N2O5/c1-2-14-27-18-11-8-16(9-12-18)10-13-20(25)28-15-19(24)22-23-21(26)17-6-4-3-5-7-17/h2-13H,1,14-15H2,(H,22,24)(H,23,26)/b13-10+. The molecular weight excluding hydrogens is 360 g/mol. The average molecular weight is 380 g/mol. The highest BCUT2D eigenvalue weighted by Gasteiger charge is 2.08. The Morgan fingerprint density at radius 1 is 0.964 bits per heavy atom. The summed E-state index contributed by atoms with van der Waals surface area (Å²) in [6.45, 7) is 3.46. The molecule has 0 heterocycles. The van der Waals surface area contributed by atoms with Crippen molar-refractivity contribution in [1.82, 2.24) is 10.9 Å². The largest absolute Gasteiger partial charge is 0.490 e. The molecule has 0 aliphatic carbocycles. The van der Waals surface area contributed by atoms with E-state index in [1.807, 2.05) is 0 Å². The number of carbonyl (C=O) groups is 3. The Labute approximate surface area is 162 Å². The Kier molecular flexibility index (Phi) is 8.01. The van der Waals surface area contributed by atoms with Crippen LogP contribution in [0.1, 0.15) is 15.9 Å². The lowest BCUT2D eigenvalue weighted by atomic mass is 10.2. The maximum atomic E-state index is 11.8. The predicted molar refractivity (Wildman–Crippen MR) is 104 cm³/mol. The van der Waals surface area contributed by atoms with E-state index >= 15 is 0 Å². The number of hydrogen-bond acceptors (Lipinski definition) is 5. The molecule has 2 aromatic rings. The summed E-state index contributed by atoms with van der Waals surface area (Å²) in [5.74, 6) is -1.12. The molecule has 0 spiro atoms. The second-order valence-electron chi connectivity index (χ2n) is 5.48. The molecule has 0 atom stereocenters. The van der Waals surface area contributed by atoms with Gasteiger partial charge in [-0.25, -0.2) is 4.79 Å². The Hall–Kier alpha value is -3.87. The van der Waals surface area contributed by atoms with Crippen molar-refractivity contribution < 1.29 is 23.9 Å². The van der Waals surface area contributed by atoms with Gasteiger partial charge >= 0.3 is 5.97 Å². The summed E-state index contributed by atoms with van der Waals surface area (Å²) in [4.78, 5) is 35.1. The Morgan fingerprint density at radius 3 is 2.36 bits per heavy atom. The zero-order valence-corrected chi connectivity index (χ0v) is 15.1. The zero-order valence-electron chi connectivity index (χ0n) is 15.1. The Bertz CT molecular complexity index is 845. The molecule has 144 valence electrons. The van der Waals surface area contributed by atoms with Gasteiger partial charge in [-0.2, -0.15) is 0 Å². The number of hydrazine groups is 1. The number of esters is 1. The van der Waals surface area contributed by atoms with Gasteiger partial charge in [0.2, 0.25) is 0 Å². The number of nitrogens with one attached hydrogen (secondary N) is 2. The Balaban J connectivity index is 1.71. The number of carbonyl (C=O) groups excluding carboxylic acids is 3. The minimum atomic E-state index is -0.684. The van der Waals surface area contributed by atoms with Crippen LogP contribution >= 0.6 is 0 Å². The van der Waals surface area contributed by atoms with E-state index in [0.717, 1.165) is 5.56 Å². The van der Waals surface area contributed by atoms with Gasteiger partial charge < -0.3 is 9.47 Å². The van der Waals surface area contributed by atoms with Gasteiger partial charge in [0.15, 0.2) is 6.61 Å². The highest BCUT2D eigenvalue weighted by atomic mass is 16.5. The van der Waals surface area contributed by atoms with Crippen molar-refractivity contribution in [3.8, 4) is 5.75 Å². The van der Waals surface area contributed by atoms with Gasteiger partial charge in [-0.1, -0.05) is 43.0 Å². The quantitative estimate of drug-likeness (QED) is 0.317. The molecule has 7 heteroatoms. The van der Waals surface area contributed by atoms with Crippen molar-refractivity contribution >= 4 is 23.9 Å². The van der Waals surface area contributed by atoms with E-state index in [1.54, 1.807) is 66.7 Å². The van der Waals surface area contributed by atoms with Crippen molar-refractivity contribution in [1.29, 1.82) is 0 Å². The fourth-order valence-corrected chi connectivity index (χ4v) is 2.00. The predicted octanol–water partition coefficient (Wildman–Crippen LogP) is 2.27. The topological polar surface area (TPSA) is 93.7 Å². The van der Waals surface area contributed by atoms with Crippen LogP contribution in [0.2, 0.25) is 0 Å². The lowest BCUT2D eigenvalue weighted by Crippen LogP contribution is -2.43. The summed E-state index contributed by atoms with van der Waals surface area (Å²) < 4.78 is 10.2. The lowest BCUT2D eigenvalue weighted by molar-refractivity contribution is -0.144. The van der Waals surface area contributed by atoms with E-state index in [9.17, 15) is 14.4 Å². The van der Waals surface area contributed by atoms with Gasteiger partial charge in [0.25, 0.3) is 11.8 Å². The summed E-state index contributed by atoms with van der Waals surface area (Å²) in [6.07, 6.45) is 4.40. The minimum absolute atomic E-state index is 0.392. The maximum absolute atomic E-state index is 11.8. The van der Waals surface area contributed by atoms with E-state index in [0.29, 0.717) is 17.9 Å². The SMILES string of the molecule is C=CCOc1ccc(/C=C/C(=O)OCC(=O)NNC(=O)c2ccccc2)cc1. The van der Waals surface area contributed by atoms with E-state index in [1.165, 1.54) is 6.08 Å². The van der Waals surface area contributed by atoms with Crippen LogP contribution in [0.3, 0.4) is 0 Å². The molecule has 0 saturated heterocycles. The summed E-state index contributed by atoms with van der Waals surface area (Å²) in [6, 6.07) is 15.4. The van der Waals surface area contributed by atoms with Crippen molar-refractivity contribution in [3.05, 3.63) is 84.5 Å². The van der Waals surface area contributed by atoms with Gasteiger partial charge in [-0.15, -0.1) is 0 Å². The molecular formula is C21H20N2O5. The van der Waals surface area contributed by atoms with E-state index in [4.69, 9.17) is 9.47 Å². The molecule has 0 aromatic heterocycles. The van der Waals surface area contributed by atoms with Crippen LogP contribution in [0.5, 0.6) is 5.75 Å². The summed E-state index contributed by atoms with van der Waals surface area (Å²) in [7, 11) is 0. The van der Waals surface area contributed by atoms with Crippen LogP contribution in [0.15, 0.2) is 73.3 Å². The smallest absolute Gasteiger partial charge is 0.331 e. The summed E-state index contributed by atoms with van der Waals surface area (Å²) in [5, 5.41) is 0. The first-order chi connectivity index (χ1) is 13.6. The number of hydrogen-bond donors (Lipinski definition) is 2. The third kappa shape index (κ3) is 7.17. The van der Waals surface area contributed by atoms with Crippen molar-refractivity contribution in [2.24, 2.45) is 0 Å². The average Bonchev–Trinajstić information content (AvgIpc) is 2.74. The number of ether oxygens (including phenoxy) is 2. The third-order valence-corrected chi connectivity index (χ3v) is 3.36. The minimum Gasteiger partial charge on any atom is -0.490 e. The fraction of sp³-hybridized carbons (Fsp3) is 0.0952. The number of benzene rings is 2. The van der Waals surface area contributed by atoms with E-state index < -0.39 is 24.4 Å². The Morgan fingerprint density at radius 2 is 1.68 bits per heavy atom. The second-order valence-corrected chi connectivity index (χ2v) is 5.48. The van der Waals surface area contributed by atoms with Crippen LogP contribution in [0.4, 0.5) is 0 Å². The molecule has 28 heavy (non-hydrogen) atoms. The van der Waals surface area contributed by atoms with Crippen molar-refractivity contribution in [2.75, 3.05) is 13.2 Å². The van der Waals surface area contributed by atoms with Crippen LogP contribution in [-0.2, 0) is 14.3 Å². The second kappa shape index (κ2) is 11.0. The van der Waals surface area contributed by atoms with Gasteiger partial charge in [0.05, 0.1) is 0 Å². The zero-order chi connectivity index (χ0) is 20.2. The lowest BCUT2D eigenvalue weighted by Gasteiger charge is -2.07. The maximum Gasteiger partial charge on any atom is 0.331 e. The van der Waals surface area contributed by atoms with Crippen molar-refractivity contribution in [3.63, 3.8) is 0 Å². The molecule has 0 radical (unpaired) electrons. The molecule has 0 bridgehead atoms. The molecule has 0 aliphatic rings. The summed E-state index contributed by atoms with van der Waals surface area (Å²) in [5.41, 5.74) is 5.57. The first-order valence-corrected chi connectivity index (χ1v) is 8.41. The van der Waals surface area contributed by atoms with Gasteiger partial charge in [0, 0.05) is 11.6 Å². The molecule has 0 unspecified atom stereocenters. The van der Waals surface area contributed by atoms with E-state index in [2.05, 4.69) is 17.4 Å². The number of amides is 2. The van der Waals surface area contributed by atoms with Crippen LogP contribution < -0.4 is 15.6 Å². The molecule has 0 aliphatic heterocycles. The molecule has 2 N–H and O–H groups in total. The molecule has 2 amide bonds. The molecule has 2 rings (SSSR count). The van der Waals surface area contributed by atoms with Crippen LogP contribution in [-0.4, -0.2) is 31.0 Å². The first-order valence-electron chi connectivity index (χ1n) is 8.41. The molecule has 2 aromatic carbocycles. The normalized spacial score (nSPS) is 10.1. The van der Waals surface area contributed by atoms with E-state index in [-0.39, 0.29) is 0 Å². The highest BCUT2D eigenvalue weighted by molar-refractivity contribution is 5.95. The molecule has 0 fully saturated rings. The summed E-state index contributed by atoms with van der Waals surface area (Å²) >= 11 is 0. The molecule has 7 nitrogen and oxygen atoms in total. The van der Waals surface area contributed by atoms with Gasteiger partial charge in [0.1, 0.15) is 12.4 Å². The third-order valence-electron chi connectivity index (χ3n) is 3.36. The van der Waals surface area contributed by atoms with Crippen LogP contribution in [0, 0.1) is 0 Å². The van der Waals surface area contributed by atoms with Crippen molar-refractivity contribution in [2.45, 2.75) is 0 Å². The van der Waals surface area contributed by atoms with Gasteiger partial charge in [-0.3, -0.25) is 20.4 Å². The highest BCUT2D eigenvalue weighted by Crippen LogP contribution is 2.13. The van der Waals surface area contributed by atoms with Crippen LogP contribution in [0.25, 0.3) is 6.08 Å². The molecule has 0 saturated carbocycles.